The fourth-order valence-electron chi connectivity index (χ4n) is 3.06. The summed E-state index contributed by atoms with van der Waals surface area (Å²) in [5.41, 5.74) is 4.89. The fourth-order valence-corrected chi connectivity index (χ4v) is 3.75. The van der Waals surface area contributed by atoms with Gasteiger partial charge in [-0.2, -0.15) is 4.98 Å². The molecule has 0 amide bonds. The standard InChI is InChI=1S/C22H26BrN5O/c1-13(2)19(12-29)26-22-25-18(16-6-5-7-24-11-16)10-20(28-22)27-21-14(3)8-17(23)9-15(21)4/h5-11,13,19,29H,12H2,1-4H3,(H2,25,26,27,28)/t19-/m0/s1. The zero-order valence-corrected chi connectivity index (χ0v) is 18.7. The van der Waals surface area contributed by atoms with E-state index in [1.807, 2.05) is 32.0 Å². The van der Waals surface area contributed by atoms with Crippen LogP contribution in [0.25, 0.3) is 11.3 Å². The van der Waals surface area contributed by atoms with E-state index in [1.165, 1.54) is 0 Å². The van der Waals surface area contributed by atoms with Gasteiger partial charge in [0.25, 0.3) is 0 Å². The van der Waals surface area contributed by atoms with Gasteiger partial charge in [0, 0.05) is 34.2 Å². The molecule has 3 aromatic rings. The van der Waals surface area contributed by atoms with Crippen molar-refractivity contribution in [1.82, 2.24) is 15.0 Å². The number of hydrogen-bond acceptors (Lipinski definition) is 6. The highest BCUT2D eigenvalue weighted by atomic mass is 79.9. The lowest BCUT2D eigenvalue weighted by Gasteiger charge is -2.21. The minimum Gasteiger partial charge on any atom is -0.394 e. The Bertz CT molecular complexity index is 955. The summed E-state index contributed by atoms with van der Waals surface area (Å²) < 4.78 is 1.04. The van der Waals surface area contributed by atoms with Gasteiger partial charge in [0.05, 0.1) is 18.3 Å². The van der Waals surface area contributed by atoms with Crippen LogP contribution >= 0.6 is 15.9 Å². The molecule has 2 aromatic heterocycles. The third-order valence-corrected chi connectivity index (χ3v) is 5.21. The lowest BCUT2D eigenvalue weighted by molar-refractivity contribution is 0.248. The zero-order valence-electron chi connectivity index (χ0n) is 17.1. The van der Waals surface area contributed by atoms with Crippen molar-refractivity contribution in [3.05, 3.63) is 58.3 Å². The zero-order chi connectivity index (χ0) is 21.0. The van der Waals surface area contributed by atoms with Gasteiger partial charge in [-0.1, -0.05) is 29.8 Å². The maximum absolute atomic E-state index is 9.70. The SMILES string of the molecule is Cc1cc(Br)cc(C)c1Nc1cc(-c2cccnc2)nc(N[C@@H](CO)C(C)C)n1. The summed E-state index contributed by atoms with van der Waals surface area (Å²) in [7, 11) is 0. The first-order valence-electron chi connectivity index (χ1n) is 9.58. The van der Waals surface area contributed by atoms with Crippen LogP contribution in [-0.2, 0) is 0 Å². The second kappa shape index (κ2) is 9.33. The molecule has 0 aliphatic heterocycles. The maximum atomic E-state index is 9.70. The smallest absolute Gasteiger partial charge is 0.225 e. The number of aromatic nitrogens is 3. The Labute approximate surface area is 180 Å². The van der Waals surface area contributed by atoms with Crippen LogP contribution in [0.1, 0.15) is 25.0 Å². The van der Waals surface area contributed by atoms with Gasteiger partial charge in [-0.15, -0.1) is 0 Å². The van der Waals surface area contributed by atoms with Crippen molar-refractivity contribution < 1.29 is 5.11 Å². The first kappa shape index (κ1) is 21.2. The number of pyridine rings is 1. The predicted octanol–water partition coefficient (Wildman–Crippen LogP) is 5.09. The van der Waals surface area contributed by atoms with Crippen molar-refractivity contribution in [3.63, 3.8) is 0 Å². The topological polar surface area (TPSA) is 83.0 Å². The van der Waals surface area contributed by atoms with Gasteiger partial charge in [0.2, 0.25) is 5.95 Å². The van der Waals surface area contributed by atoms with E-state index in [9.17, 15) is 5.11 Å². The quantitative estimate of drug-likeness (QED) is 0.460. The Morgan fingerprint density at radius 1 is 1.10 bits per heavy atom. The van der Waals surface area contributed by atoms with E-state index >= 15 is 0 Å². The van der Waals surface area contributed by atoms with Crippen LogP contribution < -0.4 is 10.6 Å². The Balaban J connectivity index is 2.03. The fraction of sp³-hybridized carbons (Fsp3) is 0.318. The van der Waals surface area contributed by atoms with Crippen molar-refractivity contribution in [2.45, 2.75) is 33.7 Å². The van der Waals surface area contributed by atoms with E-state index in [2.05, 4.69) is 67.5 Å². The van der Waals surface area contributed by atoms with Gasteiger partial charge in [0.15, 0.2) is 0 Å². The van der Waals surface area contributed by atoms with E-state index in [0.717, 1.165) is 32.5 Å². The number of nitrogens with one attached hydrogen (secondary N) is 2. The van der Waals surface area contributed by atoms with E-state index in [-0.39, 0.29) is 18.6 Å². The monoisotopic (exact) mass is 455 g/mol. The molecule has 7 heteroatoms. The molecular weight excluding hydrogens is 430 g/mol. The molecule has 29 heavy (non-hydrogen) atoms. The van der Waals surface area contributed by atoms with Crippen molar-refractivity contribution >= 4 is 33.4 Å². The molecule has 3 rings (SSSR count). The molecule has 152 valence electrons. The number of aliphatic hydroxyl groups excluding tert-OH is 1. The summed E-state index contributed by atoms with van der Waals surface area (Å²) >= 11 is 3.54. The number of benzene rings is 1. The third-order valence-electron chi connectivity index (χ3n) is 4.75. The third kappa shape index (κ3) is 5.31. The highest BCUT2D eigenvalue weighted by molar-refractivity contribution is 9.10. The number of halogens is 1. The molecule has 1 atom stereocenters. The average molecular weight is 456 g/mol. The molecule has 0 fully saturated rings. The summed E-state index contributed by atoms with van der Waals surface area (Å²) in [6.07, 6.45) is 3.51. The lowest BCUT2D eigenvalue weighted by Crippen LogP contribution is -2.30. The van der Waals surface area contributed by atoms with Gasteiger partial charge < -0.3 is 15.7 Å². The van der Waals surface area contributed by atoms with Crippen molar-refractivity contribution in [3.8, 4) is 11.3 Å². The molecule has 0 bridgehead atoms. The molecule has 0 saturated carbocycles. The minimum atomic E-state index is -0.136. The Kier molecular flexibility index (Phi) is 6.82. The van der Waals surface area contributed by atoms with E-state index < -0.39 is 0 Å². The Morgan fingerprint density at radius 3 is 2.41 bits per heavy atom. The van der Waals surface area contributed by atoms with Gasteiger partial charge in [-0.05, 0) is 55.2 Å². The Morgan fingerprint density at radius 2 is 1.83 bits per heavy atom. The van der Waals surface area contributed by atoms with Gasteiger partial charge in [-0.3, -0.25) is 4.98 Å². The first-order chi connectivity index (χ1) is 13.9. The molecule has 6 nitrogen and oxygen atoms in total. The largest absolute Gasteiger partial charge is 0.394 e. The molecule has 1 aromatic carbocycles. The maximum Gasteiger partial charge on any atom is 0.225 e. The van der Waals surface area contributed by atoms with Crippen molar-refractivity contribution in [1.29, 1.82) is 0 Å². The van der Waals surface area contributed by atoms with Crippen molar-refractivity contribution in [2.75, 3.05) is 17.2 Å². The molecule has 2 heterocycles. The van der Waals surface area contributed by atoms with Crippen LogP contribution in [0.5, 0.6) is 0 Å². The molecule has 0 aliphatic carbocycles. The second-order valence-corrected chi connectivity index (χ2v) is 8.34. The van der Waals surface area contributed by atoms with Crippen LogP contribution in [-0.4, -0.2) is 32.7 Å². The normalized spacial score (nSPS) is 12.1. The number of aryl methyl sites for hydroxylation is 2. The molecule has 0 saturated heterocycles. The summed E-state index contributed by atoms with van der Waals surface area (Å²) in [6, 6.07) is 9.75. The van der Waals surface area contributed by atoms with Crippen LogP contribution in [0.4, 0.5) is 17.5 Å². The second-order valence-electron chi connectivity index (χ2n) is 7.42. The minimum absolute atomic E-state index is 0.00579. The summed E-state index contributed by atoms with van der Waals surface area (Å²) in [5, 5.41) is 16.4. The van der Waals surface area contributed by atoms with Crippen LogP contribution in [0.15, 0.2) is 47.2 Å². The number of rotatable bonds is 7. The van der Waals surface area contributed by atoms with Crippen molar-refractivity contribution in [2.24, 2.45) is 5.92 Å². The van der Waals surface area contributed by atoms with Gasteiger partial charge >= 0.3 is 0 Å². The molecule has 0 aliphatic rings. The molecule has 0 spiro atoms. The Hall–Kier alpha value is -2.51. The molecule has 0 unspecified atom stereocenters. The average Bonchev–Trinajstić information content (AvgIpc) is 2.69. The van der Waals surface area contributed by atoms with Crippen LogP contribution in [0.3, 0.4) is 0 Å². The number of aliphatic hydroxyl groups is 1. The van der Waals surface area contributed by atoms with Crippen LogP contribution in [0.2, 0.25) is 0 Å². The number of hydrogen-bond donors (Lipinski definition) is 3. The molecule has 3 N–H and O–H groups in total. The molecule has 0 radical (unpaired) electrons. The number of anilines is 3. The number of nitrogens with zero attached hydrogens (tertiary/aromatic N) is 3. The van der Waals surface area contributed by atoms with E-state index in [0.29, 0.717) is 11.8 Å². The first-order valence-corrected chi connectivity index (χ1v) is 10.4. The summed E-state index contributed by atoms with van der Waals surface area (Å²) in [6.45, 7) is 8.22. The van der Waals surface area contributed by atoms with E-state index in [4.69, 9.17) is 0 Å². The summed E-state index contributed by atoms with van der Waals surface area (Å²) in [5.74, 6) is 1.38. The van der Waals surface area contributed by atoms with Crippen LogP contribution in [0, 0.1) is 19.8 Å². The lowest BCUT2D eigenvalue weighted by atomic mass is 10.1. The molecular formula is C22H26BrN5O. The summed E-state index contributed by atoms with van der Waals surface area (Å²) in [4.78, 5) is 13.5. The van der Waals surface area contributed by atoms with Gasteiger partial charge in [-0.25, -0.2) is 4.98 Å². The highest BCUT2D eigenvalue weighted by Gasteiger charge is 2.16. The predicted molar refractivity (Wildman–Crippen MR) is 121 cm³/mol. The van der Waals surface area contributed by atoms with Gasteiger partial charge in [0.1, 0.15) is 5.82 Å². The highest BCUT2D eigenvalue weighted by Crippen LogP contribution is 2.29. The van der Waals surface area contributed by atoms with E-state index in [1.54, 1.807) is 12.4 Å².